The van der Waals surface area contributed by atoms with Gasteiger partial charge in [-0.2, -0.15) is 13.2 Å². The molecule has 3 nitrogen and oxygen atoms in total. The summed E-state index contributed by atoms with van der Waals surface area (Å²) in [6.45, 7) is 3.13. The van der Waals surface area contributed by atoms with Gasteiger partial charge in [-0.15, -0.1) is 0 Å². The summed E-state index contributed by atoms with van der Waals surface area (Å²) in [6.07, 6.45) is -5.11. The molecule has 1 N–H and O–H groups in total. The Balaban J connectivity index is 2.21. The maximum atomic E-state index is 12.6. The van der Waals surface area contributed by atoms with Crippen molar-refractivity contribution < 1.29 is 22.6 Å². The zero-order valence-corrected chi connectivity index (χ0v) is 10.6. The fraction of sp³-hybridized carbons (Fsp3) is 0.538. The Morgan fingerprint density at radius 2 is 1.89 bits per heavy atom. The molecule has 1 atom stereocenters. The Bertz CT molecular complexity index is 434. The summed E-state index contributed by atoms with van der Waals surface area (Å²) in [4.78, 5) is 0. The second kappa shape index (κ2) is 5.69. The van der Waals surface area contributed by atoms with E-state index in [2.05, 4.69) is 5.32 Å². The van der Waals surface area contributed by atoms with Crippen molar-refractivity contribution in [2.45, 2.75) is 25.6 Å². The lowest BCUT2D eigenvalue weighted by atomic mass is 10.0. The molecule has 19 heavy (non-hydrogen) atoms. The quantitative estimate of drug-likeness (QED) is 0.916. The van der Waals surface area contributed by atoms with E-state index in [-0.39, 0.29) is 0 Å². The molecule has 1 aromatic rings. The van der Waals surface area contributed by atoms with Crippen LogP contribution in [0.5, 0.6) is 11.5 Å². The molecule has 0 aliphatic carbocycles. The van der Waals surface area contributed by atoms with Crippen molar-refractivity contribution in [1.29, 1.82) is 0 Å². The number of hydrogen-bond donors (Lipinski definition) is 1. The van der Waals surface area contributed by atoms with Crippen LogP contribution in [-0.4, -0.2) is 25.9 Å². The third-order valence-electron chi connectivity index (χ3n) is 2.85. The molecule has 2 rings (SSSR count). The van der Waals surface area contributed by atoms with Crippen LogP contribution in [0.25, 0.3) is 0 Å². The van der Waals surface area contributed by atoms with Crippen molar-refractivity contribution in [3.63, 3.8) is 0 Å². The zero-order chi connectivity index (χ0) is 13.9. The normalized spacial score (nSPS) is 16.2. The molecule has 1 aromatic carbocycles. The molecule has 0 amide bonds. The molecule has 0 fully saturated rings. The molecule has 1 unspecified atom stereocenters. The maximum absolute atomic E-state index is 12.6. The highest BCUT2D eigenvalue weighted by molar-refractivity contribution is 5.44. The highest BCUT2D eigenvalue weighted by Gasteiger charge is 2.32. The minimum Gasteiger partial charge on any atom is -0.486 e. The molecular weight excluding hydrogens is 259 g/mol. The minimum atomic E-state index is -4.21. The van der Waals surface area contributed by atoms with Crippen LogP contribution in [-0.2, 0) is 0 Å². The molecule has 1 heterocycles. The Morgan fingerprint density at radius 1 is 1.21 bits per heavy atom. The Hall–Kier alpha value is -1.43. The predicted molar refractivity (Wildman–Crippen MR) is 64.5 cm³/mol. The maximum Gasteiger partial charge on any atom is 0.390 e. The van der Waals surface area contributed by atoms with E-state index in [1.165, 1.54) is 0 Å². The number of benzene rings is 1. The summed E-state index contributed by atoms with van der Waals surface area (Å²) in [6, 6.07) is 4.16. The van der Waals surface area contributed by atoms with Gasteiger partial charge in [0, 0.05) is 6.04 Å². The number of nitrogens with one attached hydrogen (secondary N) is 1. The Morgan fingerprint density at radius 3 is 2.53 bits per heavy atom. The molecule has 0 saturated heterocycles. The average molecular weight is 275 g/mol. The van der Waals surface area contributed by atoms with Crippen LogP contribution < -0.4 is 14.8 Å². The van der Waals surface area contributed by atoms with Gasteiger partial charge in [0.25, 0.3) is 0 Å². The largest absolute Gasteiger partial charge is 0.486 e. The molecule has 1 aliphatic rings. The van der Waals surface area contributed by atoms with Gasteiger partial charge in [0.15, 0.2) is 11.5 Å². The summed E-state index contributed by atoms with van der Waals surface area (Å²) < 4.78 is 48.4. The van der Waals surface area contributed by atoms with E-state index in [9.17, 15) is 13.2 Å². The molecule has 0 aromatic heterocycles. The number of halogens is 3. The predicted octanol–water partition coefficient (Wildman–Crippen LogP) is 3.06. The van der Waals surface area contributed by atoms with Crippen LogP contribution >= 0.6 is 0 Å². The van der Waals surface area contributed by atoms with E-state index in [0.29, 0.717) is 36.8 Å². The fourth-order valence-corrected chi connectivity index (χ4v) is 2.06. The van der Waals surface area contributed by atoms with Crippen molar-refractivity contribution in [2.24, 2.45) is 0 Å². The number of fused-ring (bicyclic) bond motifs is 1. The van der Waals surface area contributed by atoms with Crippen LogP contribution in [0.3, 0.4) is 0 Å². The van der Waals surface area contributed by atoms with Gasteiger partial charge in [-0.1, -0.05) is 13.0 Å². The fourth-order valence-electron chi connectivity index (χ4n) is 2.06. The van der Waals surface area contributed by atoms with E-state index >= 15 is 0 Å². The van der Waals surface area contributed by atoms with Gasteiger partial charge in [-0.3, -0.25) is 0 Å². The van der Waals surface area contributed by atoms with Crippen LogP contribution in [0.4, 0.5) is 13.2 Å². The minimum absolute atomic E-state index is 0.418. The second-order valence-corrected chi connectivity index (χ2v) is 4.33. The molecular formula is C13H16F3NO2. The van der Waals surface area contributed by atoms with Gasteiger partial charge >= 0.3 is 6.18 Å². The lowest BCUT2D eigenvalue weighted by Gasteiger charge is -2.23. The molecule has 0 radical (unpaired) electrons. The number of hydrogen-bond acceptors (Lipinski definition) is 3. The first-order valence-electron chi connectivity index (χ1n) is 6.19. The average Bonchev–Trinajstić information content (AvgIpc) is 2.36. The lowest BCUT2D eigenvalue weighted by molar-refractivity contribution is -0.140. The van der Waals surface area contributed by atoms with Crippen molar-refractivity contribution in [3.05, 3.63) is 23.8 Å². The highest BCUT2D eigenvalue weighted by Crippen LogP contribution is 2.35. The molecule has 0 bridgehead atoms. The third-order valence-corrected chi connectivity index (χ3v) is 2.85. The summed E-state index contributed by atoms with van der Waals surface area (Å²) >= 11 is 0. The molecule has 0 spiro atoms. The van der Waals surface area contributed by atoms with Gasteiger partial charge < -0.3 is 14.8 Å². The molecule has 1 aliphatic heterocycles. The van der Waals surface area contributed by atoms with Crippen molar-refractivity contribution in [2.75, 3.05) is 19.8 Å². The smallest absolute Gasteiger partial charge is 0.390 e. The van der Waals surface area contributed by atoms with E-state index in [4.69, 9.17) is 9.47 Å². The topological polar surface area (TPSA) is 30.5 Å². The van der Waals surface area contributed by atoms with Crippen LogP contribution in [0, 0.1) is 0 Å². The van der Waals surface area contributed by atoms with E-state index in [1.807, 2.05) is 0 Å². The highest BCUT2D eigenvalue weighted by atomic mass is 19.4. The van der Waals surface area contributed by atoms with Crippen LogP contribution in [0.2, 0.25) is 0 Å². The van der Waals surface area contributed by atoms with Crippen molar-refractivity contribution in [3.8, 4) is 11.5 Å². The number of rotatable bonds is 4. The zero-order valence-electron chi connectivity index (χ0n) is 10.6. The van der Waals surface area contributed by atoms with E-state index < -0.39 is 18.6 Å². The van der Waals surface area contributed by atoms with Gasteiger partial charge in [0.2, 0.25) is 0 Å². The summed E-state index contributed by atoms with van der Waals surface area (Å²) in [5.74, 6) is 1.09. The monoisotopic (exact) mass is 275 g/mol. The first kappa shape index (κ1) is 14.0. The SMILES string of the molecule is CCNC(CC(F)(F)F)c1ccc2c(c1)OCCO2. The van der Waals surface area contributed by atoms with Crippen molar-refractivity contribution >= 4 is 0 Å². The summed E-state index contributed by atoms with van der Waals surface area (Å²) in [5.41, 5.74) is 0.559. The lowest BCUT2D eigenvalue weighted by Crippen LogP contribution is -2.26. The van der Waals surface area contributed by atoms with E-state index in [1.54, 1.807) is 25.1 Å². The van der Waals surface area contributed by atoms with E-state index in [0.717, 1.165) is 0 Å². The van der Waals surface area contributed by atoms with Crippen LogP contribution in [0.1, 0.15) is 24.9 Å². The second-order valence-electron chi connectivity index (χ2n) is 4.33. The standard InChI is InChI=1S/C13H16F3NO2/c1-2-17-10(8-13(14,15)16)9-3-4-11-12(7-9)19-6-5-18-11/h3-4,7,10,17H,2,5-6,8H2,1H3. The van der Waals surface area contributed by atoms with Crippen LogP contribution in [0.15, 0.2) is 18.2 Å². The molecule has 0 saturated carbocycles. The molecule has 106 valence electrons. The first-order valence-corrected chi connectivity index (χ1v) is 6.19. The van der Waals surface area contributed by atoms with Gasteiger partial charge in [-0.25, -0.2) is 0 Å². The summed E-state index contributed by atoms with van der Waals surface area (Å²) in [7, 11) is 0. The van der Waals surface area contributed by atoms with Gasteiger partial charge in [-0.05, 0) is 24.2 Å². The number of alkyl halides is 3. The number of ether oxygens (including phenoxy) is 2. The van der Waals surface area contributed by atoms with Crippen molar-refractivity contribution in [1.82, 2.24) is 5.32 Å². The van der Waals surface area contributed by atoms with Gasteiger partial charge in [0.1, 0.15) is 13.2 Å². The Labute approximate surface area is 109 Å². The summed E-state index contributed by atoms with van der Waals surface area (Å²) in [5, 5.41) is 2.85. The first-order chi connectivity index (χ1) is 8.99. The van der Waals surface area contributed by atoms with Gasteiger partial charge in [0.05, 0.1) is 6.42 Å². The third kappa shape index (κ3) is 3.76. The Kier molecular flexibility index (Phi) is 4.19. The molecule has 6 heteroatoms.